The van der Waals surface area contributed by atoms with Crippen molar-refractivity contribution < 1.29 is 5.11 Å². The van der Waals surface area contributed by atoms with Gasteiger partial charge in [-0.15, -0.1) is 0 Å². The molecule has 0 radical (unpaired) electrons. The van der Waals surface area contributed by atoms with Crippen LogP contribution in [0.15, 0.2) is 48.5 Å². The fourth-order valence-corrected chi connectivity index (χ4v) is 2.93. The van der Waals surface area contributed by atoms with E-state index >= 15 is 0 Å². The third-order valence-corrected chi connectivity index (χ3v) is 4.44. The molecule has 1 N–H and O–H groups in total. The first-order valence-electron chi connectivity index (χ1n) is 6.54. The first-order chi connectivity index (χ1) is 9.65. The Labute approximate surface area is 128 Å². The van der Waals surface area contributed by atoms with E-state index in [9.17, 15) is 5.11 Å². The van der Waals surface area contributed by atoms with Crippen LogP contribution < -0.4 is 0 Å². The van der Waals surface area contributed by atoms with Crippen molar-refractivity contribution in [3.05, 3.63) is 75.3 Å². The molecule has 2 aromatic carbocycles. The molecule has 0 bridgehead atoms. The summed E-state index contributed by atoms with van der Waals surface area (Å²) in [4.78, 5) is 0. The second kappa shape index (κ2) is 5.61. The Hall–Kier alpha value is -1.28. The maximum Gasteiger partial charge on any atom is 0.0861 e. The topological polar surface area (TPSA) is 20.2 Å². The molecule has 0 saturated heterocycles. The van der Waals surface area contributed by atoms with Crippen molar-refractivity contribution in [3.8, 4) is 0 Å². The molecular formula is C17H14Cl2O. The molecule has 20 heavy (non-hydrogen) atoms. The van der Waals surface area contributed by atoms with E-state index in [4.69, 9.17) is 23.2 Å². The summed E-state index contributed by atoms with van der Waals surface area (Å²) in [6, 6.07) is 13.6. The third-order valence-electron chi connectivity index (χ3n) is 3.70. The molecular weight excluding hydrogens is 291 g/mol. The van der Waals surface area contributed by atoms with Crippen LogP contribution in [0.3, 0.4) is 0 Å². The van der Waals surface area contributed by atoms with E-state index in [1.807, 2.05) is 36.4 Å². The third kappa shape index (κ3) is 2.62. The molecule has 102 valence electrons. The first-order valence-corrected chi connectivity index (χ1v) is 7.30. The summed E-state index contributed by atoms with van der Waals surface area (Å²) >= 11 is 12.0. The summed E-state index contributed by atoms with van der Waals surface area (Å²) in [5.74, 6) is 0.0575. The molecule has 2 atom stereocenters. The number of aliphatic hydroxyl groups excluding tert-OH is 1. The zero-order valence-electron chi connectivity index (χ0n) is 10.8. The van der Waals surface area contributed by atoms with Crippen LogP contribution in [0.2, 0.25) is 10.0 Å². The fraction of sp³-hybridized carbons (Fsp3) is 0.176. The van der Waals surface area contributed by atoms with Crippen molar-refractivity contribution in [1.29, 1.82) is 0 Å². The van der Waals surface area contributed by atoms with Crippen molar-refractivity contribution in [3.63, 3.8) is 0 Å². The monoisotopic (exact) mass is 304 g/mol. The molecule has 1 nitrogen and oxygen atoms in total. The van der Waals surface area contributed by atoms with Gasteiger partial charge >= 0.3 is 0 Å². The van der Waals surface area contributed by atoms with Crippen LogP contribution in [0.5, 0.6) is 0 Å². The van der Waals surface area contributed by atoms with Gasteiger partial charge in [0, 0.05) is 5.92 Å². The van der Waals surface area contributed by atoms with Gasteiger partial charge in [-0.3, -0.25) is 0 Å². The summed E-state index contributed by atoms with van der Waals surface area (Å²) in [6.45, 7) is 0. The molecule has 1 aliphatic carbocycles. The van der Waals surface area contributed by atoms with Gasteiger partial charge in [-0.1, -0.05) is 65.7 Å². The average molecular weight is 305 g/mol. The molecule has 0 fully saturated rings. The minimum absolute atomic E-state index is 0.0575. The number of benzene rings is 2. The Morgan fingerprint density at radius 1 is 1.00 bits per heavy atom. The van der Waals surface area contributed by atoms with Crippen LogP contribution in [-0.2, 0) is 6.42 Å². The zero-order chi connectivity index (χ0) is 14.1. The van der Waals surface area contributed by atoms with Crippen molar-refractivity contribution in [2.24, 2.45) is 5.92 Å². The van der Waals surface area contributed by atoms with E-state index < -0.39 is 6.10 Å². The Kier molecular flexibility index (Phi) is 3.84. The lowest BCUT2D eigenvalue weighted by molar-refractivity contribution is 0.130. The van der Waals surface area contributed by atoms with E-state index in [1.54, 1.807) is 6.07 Å². The highest BCUT2D eigenvalue weighted by Crippen LogP contribution is 2.34. The van der Waals surface area contributed by atoms with E-state index in [0.717, 1.165) is 23.1 Å². The average Bonchev–Trinajstić information content (AvgIpc) is 2.46. The highest BCUT2D eigenvalue weighted by atomic mass is 35.5. The number of aliphatic hydroxyl groups is 1. The predicted molar refractivity (Wildman–Crippen MR) is 84.1 cm³/mol. The minimum atomic E-state index is -0.481. The molecule has 0 heterocycles. The van der Waals surface area contributed by atoms with Gasteiger partial charge in [-0.2, -0.15) is 0 Å². The second-order valence-corrected chi connectivity index (χ2v) is 5.86. The minimum Gasteiger partial charge on any atom is -0.388 e. The van der Waals surface area contributed by atoms with Crippen LogP contribution in [0.4, 0.5) is 0 Å². The lowest BCUT2D eigenvalue weighted by Crippen LogP contribution is -2.17. The Morgan fingerprint density at radius 2 is 1.80 bits per heavy atom. The molecule has 0 spiro atoms. The van der Waals surface area contributed by atoms with Crippen LogP contribution in [0.1, 0.15) is 22.8 Å². The normalized spacial score (nSPS) is 20.8. The van der Waals surface area contributed by atoms with E-state index in [0.29, 0.717) is 10.0 Å². The maximum absolute atomic E-state index is 10.5. The highest BCUT2D eigenvalue weighted by Gasteiger charge is 2.24. The molecule has 0 amide bonds. The van der Waals surface area contributed by atoms with Crippen molar-refractivity contribution in [2.45, 2.75) is 12.5 Å². The lowest BCUT2D eigenvalue weighted by atomic mass is 9.83. The molecule has 0 aliphatic heterocycles. The summed E-state index contributed by atoms with van der Waals surface area (Å²) in [5.41, 5.74) is 3.15. The summed E-state index contributed by atoms with van der Waals surface area (Å²) < 4.78 is 0. The quantitative estimate of drug-likeness (QED) is 0.835. The Bertz CT molecular complexity index is 664. The maximum atomic E-state index is 10.5. The van der Waals surface area contributed by atoms with Gasteiger partial charge < -0.3 is 5.11 Å². The van der Waals surface area contributed by atoms with Crippen LogP contribution >= 0.6 is 23.2 Å². The summed E-state index contributed by atoms with van der Waals surface area (Å²) in [6.07, 6.45) is 4.40. The molecule has 2 aromatic rings. The summed E-state index contributed by atoms with van der Waals surface area (Å²) in [5, 5.41) is 11.6. The standard InChI is InChI=1S/C17H14Cl2O/c18-15-8-5-11(10-16(15)19)9-13-7-6-12-3-1-2-4-14(12)17(13)20/h1-8,10,13,17,20H,9H2/t13-,17+/m1/s1. The van der Waals surface area contributed by atoms with Gasteiger partial charge in [0.15, 0.2) is 0 Å². The smallest absolute Gasteiger partial charge is 0.0861 e. The van der Waals surface area contributed by atoms with Crippen molar-refractivity contribution in [1.82, 2.24) is 0 Å². The number of hydrogen-bond acceptors (Lipinski definition) is 1. The van der Waals surface area contributed by atoms with Crippen molar-refractivity contribution >= 4 is 29.3 Å². The summed E-state index contributed by atoms with van der Waals surface area (Å²) in [7, 11) is 0. The Morgan fingerprint density at radius 3 is 2.60 bits per heavy atom. The zero-order valence-corrected chi connectivity index (χ0v) is 12.3. The lowest BCUT2D eigenvalue weighted by Gasteiger charge is -2.25. The van der Waals surface area contributed by atoms with E-state index in [2.05, 4.69) is 12.2 Å². The van der Waals surface area contributed by atoms with Gasteiger partial charge in [-0.25, -0.2) is 0 Å². The second-order valence-electron chi connectivity index (χ2n) is 5.05. The molecule has 0 saturated carbocycles. The number of rotatable bonds is 2. The Balaban J connectivity index is 1.84. The van der Waals surface area contributed by atoms with Gasteiger partial charge in [0.25, 0.3) is 0 Å². The fourth-order valence-electron chi connectivity index (χ4n) is 2.61. The van der Waals surface area contributed by atoms with E-state index in [-0.39, 0.29) is 5.92 Å². The van der Waals surface area contributed by atoms with Gasteiger partial charge in [0.1, 0.15) is 0 Å². The number of fused-ring (bicyclic) bond motifs is 1. The van der Waals surface area contributed by atoms with Gasteiger partial charge in [0.2, 0.25) is 0 Å². The number of halogens is 2. The molecule has 0 unspecified atom stereocenters. The van der Waals surface area contributed by atoms with Gasteiger partial charge in [-0.05, 0) is 35.2 Å². The van der Waals surface area contributed by atoms with E-state index in [1.165, 1.54) is 0 Å². The van der Waals surface area contributed by atoms with Crippen LogP contribution in [0.25, 0.3) is 6.08 Å². The molecule has 3 rings (SSSR count). The van der Waals surface area contributed by atoms with Gasteiger partial charge in [0.05, 0.1) is 16.1 Å². The van der Waals surface area contributed by atoms with Crippen molar-refractivity contribution in [2.75, 3.05) is 0 Å². The largest absolute Gasteiger partial charge is 0.388 e. The van der Waals surface area contributed by atoms with Crippen LogP contribution in [-0.4, -0.2) is 5.11 Å². The molecule has 1 aliphatic rings. The molecule has 0 aromatic heterocycles. The number of hydrogen-bond donors (Lipinski definition) is 1. The highest BCUT2D eigenvalue weighted by molar-refractivity contribution is 6.42. The predicted octanol–water partition coefficient (Wildman–Crippen LogP) is 4.91. The van der Waals surface area contributed by atoms with Crippen LogP contribution in [0, 0.1) is 5.92 Å². The SMILES string of the molecule is O[C@@H]1c2ccccc2C=C[C@@H]1Cc1ccc(Cl)c(Cl)c1. The first kappa shape index (κ1) is 13.7. The molecule has 3 heteroatoms.